The Kier molecular flexibility index (Phi) is 8.90. The van der Waals surface area contributed by atoms with Gasteiger partial charge in [-0.15, -0.1) is 23.1 Å². The van der Waals surface area contributed by atoms with E-state index >= 15 is 0 Å². The van der Waals surface area contributed by atoms with Crippen LogP contribution in [0.4, 0.5) is 0 Å². The third-order valence-electron chi connectivity index (χ3n) is 7.73. The van der Waals surface area contributed by atoms with E-state index in [-0.39, 0.29) is 4.75 Å². The molecule has 6 rings (SSSR count). The first kappa shape index (κ1) is 31.8. The van der Waals surface area contributed by atoms with Crippen LogP contribution in [0, 0.1) is 5.41 Å². The van der Waals surface area contributed by atoms with Gasteiger partial charge in [-0.25, -0.2) is 15.0 Å². The molecule has 0 unspecified atom stereocenters. The molecule has 0 atom stereocenters. The highest BCUT2D eigenvalue weighted by molar-refractivity contribution is 8.00. The van der Waals surface area contributed by atoms with Crippen LogP contribution in [0.2, 0.25) is 0 Å². The van der Waals surface area contributed by atoms with Crippen molar-refractivity contribution in [1.82, 2.24) is 19.5 Å². The van der Waals surface area contributed by atoms with E-state index < -0.39 is 11.4 Å². The molecule has 0 saturated heterocycles. The molecule has 1 N–H and O–H groups in total. The number of aromatic nitrogens is 4. The standard InChI is InChI=1S/C37H38N4O3S2/c1-36(2,3)46-33-27-21-26(44-20-17-32-40-28-9-6-7-10-31(28)45-32)15-16-29(27)41(30(33)22-37(4,5)35(42)43)23-24-11-13-25(14-12-24)34-38-18-8-19-39-34/h6-16,18-19,21H,17,20,22-23H2,1-5H3,(H,42,43). The van der Waals surface area contributed by atoms with Gasteiger partial charge in [-0.2, -0.15) is 0 Å². The fourth-order valence-electron chi connectivity index (χ4n) is 5.39. The number of hydrogen-bond donors (Lipinski definition) is 1. The van der Waals surface area contributed by atoms with Gasteiger partial charge in [-0.1, -0.05) is 57.2 Å². The number of carboxylic acid groups (broad SMARTS) is 1. The molecule has 7 nitrogen and oxygen atoms in total. The van der Waals surface area contributed by atoms with Crippen LogP contribution in [0.3, 0.4) is 0 Å². The first-order valence-electron chi connectivity index (χ1n) is 15.4. The Labute approximate surface area is 277 Å². The number of aliphatic carboxylic acids is 1. The monoisotopic (exact) mass is 650 g/mol. The summed E-state index contributed by atoms with van der Waals surface area (Å²) in [5.74, 6) is 0.656. The Bertz CT molecular complexity index is 1960. The number of fused-ring (bicyclic) bond motifs is 2. The largest absolute Gasteiger partial charge is 0.493 e. The minimum Gasteiger partial charge on any atom is -0.493 e. The van der Waals surface area contributed by atoms with Gasteiger partial charge in [-0.05, 0) is 55.8 Å². The van der Waals surface area contributed by atoms with Crippen molar-refractivity contribution < 1.29 is 14.6 Å². The Morgan fingerprint density at radius 3 is 2.39 bits per heavy atom. The minimum atomic E-state index is -0.954. The normalized spacial score (nSPS) is 12.2. The number of ether oxygens (including phenoxy) is 1. The average Bonchev–Trinajstić information content (AvgIpc) is 3.55. The third kappa shape index (κ3) is 7.11. The number of nitrogens with zero attached hydrogens (tertiary/aromatic N) is 4. The second-order valence-corrected chi connectivity index (χ2v) is 16.0. The van der Waals surface area contributed by atoms with E-state index in [1.165, 1.54) is 4.70 Å². The number of carbonyl (C=O) groups is 1. The summed E-state index contributed by atoms with van der Waals surface area (Å²) < 4.78 is 9.68. The fourth-order valence-corrected chi connectivity index (χ4v) is 7.52. The molecule has 236 valence electrons. The molecule has 9 heteroatoms. The number of thioether (sulfide) groups is 1. The number of thiazole rings is 1. The van der Waals surface area contributed by atoms with Crippen LogP contribution in [0.25, 0.3) is 32.5 Å². The van der Waals surface area contributed by atoms with Crippen molar-refractivity contribution in [2.75, 3.05) is 6.61 Å². The quantitative estimate of drug-likeness (QED) is 0.140. The number of hydrogen-bond acceptors (Lipinski definition) is 7. The predicted octanol–water partition coefficient (Wildman–Crippen LogP) is 8.92. The maximum absolute atomic E-state index is 12.4. The Morgan fingerprint density at radius 2 is 1.70 bits per heavy atom. The summed E-state index contributed by atoms with van der Waals surface area (Å²) in [4.78, 5) is 27.0. The van der Waals surface area contributed by atoms with Crippen LogP contribution in [0.15, 0.2) is 90.1 Å². The van der Waals surface area contributed by atoms with Gasteiger partial charge in [0.15, 0.2) is 5.82 Å². The number of carboxylic acids is 1. The average molecular weight is 651 g/mol. The second-order valence-electron chi connectivity index (χ2n) is 13.1. The molecule has 6 aromatic rings. The van der Waals surface area contributed by atoms with Crippen molar-refractivity contribution in [3.63, 3.8) is 0 Å². The second kappa shape index (κ2) is 12.9. The van der Waals surface area contributed by atoms with Crippen molar-refractivity contribution >= 4 is 50.2 Å². The lowest BCUT2D eigenvalue weighted by molar-refractivity contribution is -0.146. The summed E-state index contributed by atoms with van der Waals surface area (Å²) >= 11 is 3.48. The summed E-state index contributed by atoms with van der Waals surface area (Å²) in [6.07, 6.45) is 4.60. The summed E-state index contributed by atoms with van der Waals surface area (Å²) in [6.45, 7) is 11.3. The van der Waals surface area contributed by atoms with Gasteiger partial charge in [0.25, 0.3) is 0 Å². The zero-order valence-electron chi connectivity index (χ0n) is 26.8. The van der Waals surface area contributed by atoms with Gasteiger partial charge in [0.1, 0.15) is 5.75 Å². The van der Waals surface area contributed by atoms with E-state index in [2.05, 4.69) is 65.6 Å². The molecule has 0 radical (unpaired) electrons. The first-order valence-corrected chi connectivity index (χ1v) is 17.0. The highest BCUT2D eigenvalue weighted by Gasteiger charge is 2.33. The summed E-state index contributed by atoms with van der Waals surface area (Å²) in [7, 11) is 0. The number of para-hydroxylation sites is 1. The molecule has 0 fully saturated rings. The molecular weight excluding hydrogens is 613 g/mol. The molecule has 0 bridgehead atoms. The number of benzene rings is 3. The highest BCUT2D eigenvalue weighted by atomic mass is 32.2. The summed E-state index contributed by atoms with van der Waals surface area (Å²) in [6, 6.07) is 24.5. The van der Waals surface area contributed by atoms with E-state index in [1.807, 2.05) is 36.4 Å². The van der Waals surface area contributed by atoms with Gasteiger partial charge in [0.05, 0.1) is 27.2 Å². The molecule has 3 heterocycles. The maximum atomic E-state index is 12.4. The Balaban J connectivity index is 1.36. The molecule has 0 amide bonds. The molecule has 0 aliphatic rings. The lowest BCUT2D eigenvalue weighted by Gasteiger charge is -2.24. The van der Waals surface area contributed by atoms with E-state index in [0.29, 0.717) is 25.4 Å². The number of rotatable bonds is 11. The van der Waals surface area contributed by atoms with Crippen molar-refractivity contribution in [2.24, 2.45) is 5.41 Å². The Morgan fingerprint density at radius 1 is 0.957 bits per heavy atom. The van der Waals surface area contributed by atoms with E-state index in [4.69, 9.17) is 9.72 Å². The van der Waals surface area contributed by atoms with E-state index in [0.717, 1.165) is 55.3 Å². The molecule has 3 aromatic carbocycles. The highest BCUT2D eigenvalue weighted by Crippen LogP contribution is 2.44. The SMILES string of the molecule is CC(C)(C)Sc1c(CC(C)(C)C(=O)O)n(Cc2ccc(-c3ncccn3)cc2)c2ccc(OCCc3nc4ccccc4s3)cc12. The van der Waals surface area contributed by atoms with Crippen LogP contribution in [0.5, 0.6) is 5.75 Å². The molecule has 3 aromatic heterocycles. The lowest BCUT2D eigenvalue weighted by Crippen LogP contribution is -2.28. The summed E-state index contributed by atoms with van der Waals surface area (Å²) in [5.41, 5.74) is 4.19. The van der Waals surface area contributed by atoms with Crippen LogP contribution < -0.4 is 4.74 Å². The van der Waals surface area contributed by atoms with E-state index in [9.17, 15) is 9.90 Å². The van der Waals surface area contributed by atoms with Gasteiger partial charge < -0.3 is 14.4 Å². The molecular formula is C37H38N4O3S2. The zero-order chi connectivity index (χ0) is 32.5. The van der Waals surface area contributed by atoms with Crippen molar-refractivity contribution in [1.29, 1.82) is 0 Å². The van der Waals surface area contributed by atoms with Gasteiger partial charge in [-0.3, -0.25) is 4.79 Å². The van der Waals surface area contributed by atoms with Gasteiger partial charge in [0.2, 0.25) is 0 Å². The maximum Gasteiger partial charge on any atom is 0.309 e. The van der Waals surface area contributed by atoms with Crippen LogP contribution in [0.1, 0.15) is 50.9 Å². The van der Waals surface area contributed by atoms with Crippen LogP contribution in [-0.4, -0.2) is 41.9 Å². The summed E-state index contributed by atoms with van der Waals surface area (Å²) in [5, 5.41) is 12.3. The van der Waals surface area contributed by atoms with Crippen molar-refractivity contribution in [3.05, 3.63) is 101 Å². The topological polar surface area (TPSA) is 90.1 Å². The van der Waals surface area contributed by atoms with Crippen molar-refractivity contribution in [2.45, 2.75) is 63.6 Å². The predicted molar refractivity (Wildman–Crippen MR) is 188 cm³/mol. The third-order valence-corrected chi connectivity index (χ3v) is 10.1. The molecule has 0 saturated carbocycles. The molecule has 0 spiro atoms. The molecule has 0 aliphatic carbocycles. The first-order chi connectivity index (χ1) is 22.0. The minimum absolute atomic E-state index is 0.0950. The zero-order valence-corrected chi connectivity index (χ0v) is 28.4. The van der Waals surface area contributed by atoms with Crippen LogP contribution in [-0.2, 0) is 24.2 Å². The van der Waals surface area contributed by atoms with Crippen molar-refractivity contribution in [3.8, 4) is 17.1 Å². The Hall–Kier alpha value is -4.21. The van der Waals surface area contributed by atoms with Gasteiger partial charge >= 0.3 is 5.97 Å². The lowest BCUT2D eigenvalue weighted by atomic mass is 9.88. The molecule has 46 heavy (non-hydrogen) atoms. The molecule has 0 aliphatic heterocycles. The fraction of sp³-hybridized carbons (Fsp3) is 0.297. The smallest absolute Gasteiger partial charge is 0.309 e. The van der Waals surface area contributed by atoms with Crippen LogP contribution >= 0.6 is 23.1 Å². The van der Waals surface area contributed by atoms with Gasteiger partial charge in [0, 0.05) is 63.6 Å². The van der Waals surface area contributed by atoms with E-state index in [1.54, 1.807) is 55.4 Å².